The molecule has 33 heavy (non-hydrogen) atoms. The molecule has 0 unspecified atom stereocenters. The summed E-state index contributed by atoms with van der Waals surface area (Å²) in [6.07, 6.45) is 1.56. The van der Waals surface area contributed by atoms with Gasteiger partial charge in [0.1, 0.15) is 23.8 Å². The second-order valence-corrected chi connectivity index (χ2v) is 10.9. The number of rotatable bonds is 6. The predicted octanol–water partition coefficient (Wildman–Crippen LogP) is 7.65. The summed E-state index contributed by atoms with van der Waals surface area (Å²) in [4.78, 5) is 12.4. The number of carbonyl (C=O) groups is 1. The van der Waals surface area contributed by atoms with Gasteiger partial charge in [-0.2, -0.15) is 5.10 Å². The summed E-state index contributed by atoms with van der Waals surface area (Å²) in [6, 6.07) is 15.4. The van der Waals surface area contributed by atoms with Crippen LogP contribution in [0, 0.1) is 13.0 Å². The lowest BCUT2D eigenvalue weighted by atomic mass is 10.2. The molecule has 0 aliphatic carbocycles. The van der Waals surface area contributed by atoms with Crippen molar-refractivity contribution in [3.05, 3.63) is 93.4 Å². The third kappa shape index (κ3) is 6.14. The number of carbonyl (C=O) groups excluding carboxylic acids is 1. The number of nitrogens with zero attached hydrogens (tertiary/aromatic N) is 1. The number of hydrogen-bond donors (Lipinski definition) is 1. The first kappa shape index (κ1) is 24.6. The van der Waals surface area contributed by atoms with E-state index in [2.05, 4.69) is 87.6 Å². The summed E-state index contributed by atoms with van der Waals surface area (Å²) < 4.78 is 28.0. The zero-order valence-electron chi connectivity index (χ0n) is 16.5. The summed E-state index contributed by atoms with van der Waals surface area (Å²) >= 11 is 11.2. The Kier molecular flexibility index (Phi) is 8.07. The van der Waals surface area contributed by atoms with E-state index in [1.807, 2.05) is 24.3 Å². The minimum absolute atomic E-state index is 0.162. The maximum absolute atomic E-state index is 13.1. The van der Waals surface area contributed by atoms with Crippen molar-refractivity contribution in [2.45, 2.75) is 6.61 Å². The molecule has 0 atom stereocenters. The van der Waals surface area contributed by atoms with Crippen LogP contribution < -0.4 is 10.2 Å². The molecule has 0 radical (unpaired) electrons. The minimum Gasteiger partial charge on any atom is -0.487 e. The van der Waals surface area contributed by atoms with E-state index < -0.39 is 5.91 Å². The van der Waals surface area contributed by atoms with Gasteiger partial charge in [-0.25, -0.2) is 9.82 Å². The molecule has 0 fully saturated rings. The number of furan rings is 1. The van der Waals surface area contributed by atoms with Gasteiger partial charge in [0.05, 0.1) is 17.8 Å². The molecule has 1 N–H and O–H groups in total. The van der Waals surface area contributed by atoms with Crippen LogP contribution in [0.1, 0.15) is 21.7 Å². The lowest BCUT2D eigenvalue weighted by Gasteiger charge is -2.11. The van der Waals surface area contributed by atoms with Gasteiger partial charge < -0.3 is 9.15 Å². The van der Waals surface area contributed by atoms with Crippen LogP contribution in [-0.4, -0.2) is 12.1 Å². The molecule has 0 saturated heterocycles. The number of nitrogens with one attached hydrogen (secondary N) is 1. The number of fused-ring (bicyclic) bond motifs is 1. The zero-order valence-corrected chi connectivity index (χ0v) is 24.0. The molecule has 1 amide bonds. The molecular formula is C23H13Br2FI2N2O3. The van der Waals surface area contributed by atoms with Crippen molar-refractivity contribution in [1.29, 1.82) is 0 Å². The summed E-state index contributed by atoms with van der Waals surface area (Å²) in [7, 11) is 0. The van der Waals surface area contributed by atoms with E-state index in [0.717, 1.165) is 38.3 Å². The van der Waals surface area contributed by atoms with Gasteiger partial charge in [0.2, 0.25) is 0 Å². The lowest BCUT2D eigenvalue weighted by Crippen LogP contribution is -2.16. The number of ether oxygens (including phenoxy) is 1. The van der Waals surface area contributed by atoms with Crippen LogP contribution in [0.4, 0.5) is 4.39 Å². The van der Waals surface area contributed by atoms with Crippen molar-refractivity contribution < 1.29 is 18.3 Å². The van der Waals surface area contributed by atoms with Gasteiger partial charge in [0.15, 0.2) is 5.76 Å². The first-order chi connectivity index (χ1) is 15.8. The molecule has 3 aromatic carbocycles. The largest absolute Gasteiger partial charge is 0.487 e. The Bertz CT molecular complexity index is 1350. The zero-order chi connectivity index (χ0) is 23.5. The average Bonchev–Trinajstić information content (AvgIpc) is 3.19. The van der Waals surface area contributed by atoms with Gasteiger partial charge in [0, 0.05) is 9.86 Å². The van der Waals surface area contributed by atoms with Crippen molar-refractivity contribution in [3.8, 4) is 5.75 Å². The van der Waals surface area contributed by atoms with E-state index >= 15 is 0 Å². The van der Waals surface area contributed by atoms with E-state index in [1.54, 1.807) is 24.4 Å². The molecule has 0 bridgehead atoms. The Morgan fingerprint density at radius 3 is 2.48 bits per heavy atom. The molecule has 1 aromatic heterocycles. The Balaban J connectivity index is 1.42. The molecule has 10 heteroatoms. The second-order valence-electron chi connectivity index (χ2n) is 6.84. The molecular weight excluding hydrogens is 785 g/mol. The quantitative estimate of drug-likeness (QED) is 0.124. The normalized spacial score (nSPS) is 11.3. The fraction of sp³-hybridized carbons (Fsp3) is 0.0435. The highest BCUT2D eigenvalue weighted by Crippen LogP contribution is 2.31. The summed E-state index contributed by atoms with van der Waals surface area (Å²) in [5, 5.41) is 4.85. The SMILES string of the molecule is O=C(N/N=C\c1cc(I)c(OCc2ccc(F)cc2)c(I)c1)c1cc2cc(Br)cc(Br)c2o1. The first-order valence-corrected chi connectivity index (χ1v) is 13.1. The monoisotopic (exact) mass is 796 g/mol. The second kappa shape index (κ2) is 10.8. The first-order valence-electron chi connectivity index (χ1n) is 9.38. The maximum Gasteiger partial charge on any atom is 0.307 e. The van der Waals surface area contributed by atoms with Crippen LogP contribution in [0.5, 0.6) is 5.75 Å². The van der Waals surface area contributed by atoms with Crippen LogP contribution >= 0.6 is 77.0 Å². The third-order valence-corrected chi connectivity index (χ3v) is 7.11. The van der Waals surface area contributed by atoms with E-state index in [9.17, 15) is 9.18 Å². The molecule has 0 aliphatic rings. The number of halogens is 5. The van der Waals surface area contributed by atoms with Gasteiger partial charge in [-0.05, 0) is 115 Å². The number of benzene rings is 3. The van der Waals surface area contributed by atoms with Crippen LogP contribution in [0.3, 0.4) is 0 Å². The third-order valence-electron chi connectivity index (χ3n) is 4.46. The number of hydrogen-bond acceptors (Lipinski definition) is 4. The highest BCUT2D eigenvalue weighted by Gasteiger charge is 2.14. The van der Waals surface area contributed by atoms with E-state index in [4.69, 9.17) is 9.15 Å². The van der Waals surface area contributed by atoms with Gasteiger partial charge in [-0.3, -0.25) is 4.79 Å². The molecule has 168 valence electrons. The highest BCUT2D eigenvalue weighted by atomic mass is 127. The molecule has 4 rings (SSSR count). The van der Waals surface area contributed by atoms with Crippen LogP contribution in [0.25, 0.3) is 11.0 Å². The molecule has 5 nitrogen and oxygen atoms in total. The van der Waals surface area contributed by atoms with Gasteiger partial charge in [-0.15, -0.1) is 0 Å². The summed E-state index contributed by atoms with van der Waals surface area (Å²) in [5.74, 6) is 0.171. The fourth-order valence-electron chi connectivity index (χ4n) is 2.94. The molecule has 0 saturated carbocycles. The topological polar surface area (TPSA) is 63.8 Å². The van der Waals surface area contributed by atoms with Crippen LogP contribution in [0.15, 0.2) is 73.1 Å². The van der Waals surface area contributed by atoms with Crippen LogP contribution in [0.2, 0.25) is 0 Å². The molecule has 4 aromatic rings. The summed E-state index contributed by atoms with van der Waals surface area (Å²) in [6.45, 7) is 0.333. The van der Waals surface area contributed by atoms with Crippen molar-refractivity contribution >= 4 is 100 Å². The van der Waals surface area contributed by atoms with E-state index in [-0.39, 0.29) is 11.6 Å². The molecule has 0 aliphatic heterocycles. The predicted molar refractivity (Wildman–Crippen MR) is 149 cm³/mol. The standard InChI is InChI=1S/C23H13Br2FI2N2O3/c24-15-7-14-8-20(33-21(14)17(25)9-15)23(31)30-29-10-13-5-18(27)22(19(28)6-13)32-11-12-1-3-16(26)4-2-12/h1-10H,11H2,(H,30,31)/b29-10-. The smallest absolute Gasteiger partial charge is 0.307 e. The van der Waals surface area contributed by atoms with Gasteiger partial charge >= 0.3 is 5.91 Å². The van der Waals surface area contributed by atoms with E-state index in [1.165, 1.54) is 12.1 Å². The van der Waals surface area contributed by atoms with E-state index in [0.29, 0.717) is 12.2 Å². The van der Waals surface area contributed by atoms with Crippen molar-refractivity contribution in [3.63, 3.8) is 0 Å². The van der Waals surface area contributed by atoms with Crippen molar-refractivity contribution in [2.24, 2.45) is 5.10 Å². The number of hydrazone groups is 1. The van der Waals surface area contributed by atoms with Gasteiger partial charge in [0.25, 0.3) is 0 Å². The Labute approximate surface area is 232 Å². The van der Waals surface area contributed by atoms with Crippen molar-refractivity contribution in [1.82, 2.24) is 5.43 Å². The Hall–Kier alpha value is -1.51. The Morgan fingerprint density at radius 1 is 1.09 bits per heavy atom. The van der Waals surface area contributed by atoms with Crippen LogP contribution in [-0.2, 0) is 6.61 Å². The fourth-order valence-corrected chi connectivity index (χ4v) is 6.40. The lowest BCUT2D eigenvalue weighted by molar-refractivity contribution is 0.0929. The van der Waals surface area contributed by atoms with Gasteiger partial charge in [-0.1, -0.05) is 28.1 Å². The molecule has 0 spiro atoms. The number of amides is 1. The average molecular weight is 798 g/mol. The summed E-state index contributed by atoms with van der Waals surface area (Å²) in [5.41, 5.74) is 4.76. The minimum atomic E-state index is -0.450. The van der Waals surface area contributed by atoms with Crippen molar-refractivity contribution in [2.75, 3.05) is 0 Å². The molecule has 1 heterocycles. The Morgan fingerprint density at radius 2 is 1.79 bits per heavy atom. The maximum atomic E-state index is 13.1. The highest BCUT2D eigenvalue weighted by molar-refractivity contribution is 14.1.